The molecule has 0 aliphatic heterocycles. The first-order valence-electron chi connectivity index (χ1n) is 8.07. The van der Waals surface area contributed by atoms with Crippen molar-refractivity contribution in [3.8, 4) is 0 Å². The molecular formula is C19H23N3O2. The quantitative estimate of drug-likeness (QED) is 0.732. The van der Waals surface area contributed by atoms with Gasteiger partial charge in [-0.15, -0.1) is 0 Å². The fourth-order valence-corrected chi connectivity index (χ4v) is 2.10. The summed E-state index contributed by atoms with van der Waals surface area (Å²) in [6.45, 7) is 4.83. The molecule has 2 aromatic rings. The highest BCUT2D eigenvalue weighted by Crippen LogP contribution is 2.11. The van der Waals surface area contributed by atoms with Gasteiger partial charge in [0.1, 0.15) is 0 Å². The summed E-state index contributed by atoms with van der Waals surface area (Å²) in [5.41, 5.74) is 3.32. The summed E-state index contributed by atoms with van der Waals surface area (Å²) < 4.78 is 0. The molecule has 0 atom stereocenters. The first-order chi connectivity index (χ1) is 11.6. The molecule has 126 valence electrons. The van der Waals surface area contributed by atoms with E-state index in [2.05, 4.69) is 16.0 Å². The summed E-state index contributed by atoms with van der Waals surface area (Å²) in [6.07, 6.45) is 0.904. The Morgan fingerprint density at radius 1 is 0.917 bits per heavy atom. The SMILES string of the molecule is CCCNC(=O)c1ccc(NCC(=O)Nc2ccc(C)cc2)cc1. The molecule has 0 heterocycles. The van der Waals surface area contributed by atoms with Crippen LogP contribution >= 0.6 is 0 Å². The van der Waals surface area contributed by atoms with E-state index < -0.39 is 0 Å². The van der Waals surface area contributed by atoms with Crippen LogP contribution in [-0.4, -0.2) is 24.9 Å². The van der Waals surface area contributed by atoms with Crippen LogP contribution in [0.2, 0.25) is 0 Å². The van der Waals surface area contributed by atoms with E-state index in [4.69, 9.17) is 0 Å². The Morgan fingerprint density at radius 2 is 1.54 bits per heavy atom. The van der Waals surface area contributed by atoms with Crippen LogP contribution in [0.4, 0.5) is 11.4 Å². The lowest BCUT2D eigenvalue weighted by atomic mass is 10.2. The fourth-order valence-electron chi connectivity index (χ4n) is 2.10. The number of hydrogen-bond acceptors (Lipinski definition) is 3. The third-order valence-electron chi connectivity index (χ3n) is 3.47. The van der Waals surface area contributed by atoms with Gasteiger partial charge in [-0.05, 0) is 49.7 Å². The van der Waals surface area contributed by atoms with Crippen molar-refractivity contribution < 1.29 is 9.59 Å². The second kappa shape index (κ2) is 8.72. The summed E-state index contributed by atoms with van der Waals surface area (Å²) in [5.74, 6) is -0.205. The van der Waals surface area contributed by atoms with E-state index in [1.807, 2.05) is 38.1 Å². The van der Waals surface area contributed by atoms with Gasteiger partial charge in [-0.1, -0.05) is 24.6 Å². The molecule has 24 heavy (non-hydrogen) atoms. The largest absolute Gasteiger partial charge is 0.376 e. The van der Waals surface area contributed by atoms with Crippen molar-refractivity contribution in [1.29, 1.82) is 0 Å². The molecule has 2 rings (SSSR count). The molecule has 0 unspecified atom stereocenters. The monoisotopic (exact) mass is 325 g/mol. The predicted molar refractivity (Wildman–Crippen MR) is 97.4 cm³/mol. The second-order valence-electron chi connectivity index (χ2n) is 5.60. The van der Waals surface area contributed by atoms with E-state index in [1.54, 1.807) is 24.3 Å². The lowest BCUT2D eigenvalue weighted by Gasteiger charge is -2.09. The van der Waals surface area contributed by atoms with E-state index in [9.17, 15) is 9.59 Å². The maximum Gasteiger partial charge on any atom is 0.251 e. The van der Waals surface area contributed by atoms with E-state index in [0.717, 1.165) is 23.4 Å². The summed E-state index contributed by atoms with van der Waals surface area (Å²) in [4.78, 5) is 23.7. The molecular weight excluding hydrogens is 302 g/mol. The fraction of sp³-hybridized carbons (Fsp3) is 0.263. The Morgan fingerprint density at radius 3 is 2.17 bits per heavy atom. The van der Waals surface area contributed by atoms with Gasteiger partial charge in [-0.2, -0.15) is 0 Å². The molecule has 5 nitrogen and oxygen atoms in total. The summed E-state index contributed by atoms with van der Waals surface area (Å²) in [5, 5.41) is 8.69. The van der Waals surface area contributed by atoms with Crippen LogP contribution in [0, 0.1) is 6.92 Å². The maximum absolute atomic E-state index is 11.9. The Kier molecular flexibility index (Phi) is 6.37. The van der Waals surface area contributed by atoms with E-state index in [0.29, 0.717) is 12.1 Å². The first-order valence-corrected chi connectivity index (χ1v) is 8.07. The van der Waals surface area contributed by atoms with Crippen molar-refractivity contribution in [1.82, 2.24) is 5.32 Å². The molecule has 0 radical (unpaired) electrons. The van der Waals surface area contributed by atoms with Crippen LogP contribution in [0.1, 0.15) is 29.3 Å². The van der Waals surface area contributed by atoms with Gasteiger partial charge in [0.25, 0.3) is 5.91 Å². The molecule has 0 saturated heterocycles. The normalized spacial score (nSPS) is 10.1. The lowest BCUT2D eigenvalue weighted by molar-refractivity contribution is -0.114. The number of hydrogen-bond donors (Lipinski definition) is 3. The smallest absolute Gasteiger partial charge is 0.251 e. The predicted octanol–water partition coefficient (Wildman–Crippen LogP) is 3.19. The molecule has 2 aromatic carbocycles. The standard InChI is InChI=1S/C19H23N3O2/c1-3-12-20-19(24)15-6-10-16(11-7-15)21-13-18(23)22-17-8-4-14(2)5-9-17/h4-11,21H,3,12-13H2,1-2H3,(H,20,24)(H,22,23). The summed E-state index contributed by atoms with van der Waals surface area (Å²) in [7, 11) is 0. The van der Waals surface area contributed by atoms with Crippen LogP contribution in [0.5, 0.6) is 0 Å². The molecule has 0 aromatic heterocycles. The third kappa shape index (κ3) is 5.43. The molecule has 5 heteroatoms. The van der Waals surface area contributed by atoms with Gasteiger partial charge in [0.05, 0.1) is 6.54 Å². The molecule has 0 fully saturated rings. The van der Waals surface area contributed by atoms with Crippen molar-refractivity contribution >= 4 is 23.2 Å². The molecule has 0 bridgehead atoms. The van der Waals surface area contributed by atoms with Crippen LogP contribution < -0.4 is 16.0 Å². The molecule has 0 aliphatic carbocycles. The van der Waals surface area contributed by atoms with Crippen molar-refractivity contribution in [2.75, 3.05) is 23.7 Å². The summed E-state index contributed by atoms with van der Waals surface area (Å²) in [6, 6.07) is 14.7. The van der Waals surface area contributed by atoms with Gasteiger partial charge < -0.3 is 16.0 Å². The third-order valence-corrected chi connectivity index (χ3v) is 3.47. The summed E-state index contributed by atoms with van der Waals surface area (Å²) >= 11 is 0. The molecule has 0 saturated carbocycles. The van der Waals surface area contributed by atoms with Gasteiger partial charge in [0.2, 0.25) is 5.91 Å². The van der Waals surface area contributed by atoms with Crippen LogP contribution in [0.3, 0.4) is 0 Å². The minimum atomic E-state index is -0.122. The highest BCUT2D eigenvalue weighted by Gasteiger charge is 2.05. The Labute approximate surface area is 142 Å². The molecule has 3 N–H and O–H groups in total. The second-order valence-corrected chi connectivity index (χ2v) is 5.60. The number of carbonyl (C=O) groups is 2. The zero-order valence-electron chi connectivity index (χ0n) is 14.1. The highest BCUT2D eigenvalue weighted by molar-refractivity contribution is 5.95. The van der Waals surface area contributed by atoms with Crippen LogP contribution in [0.15, 0.2) is 48.5 Å². The molecule has 0 aliphatic rings. The number of aryl methyl sites for hydroxylation is 1. The number of anilines is 2. The van der Waals surface area contributed by atoms with E-state index in [1.165, 1.54) is 0 Å². The maximum atomic E-state index is 11.9. The number of carbonyl (C=O) groups excluding carboxylic acids is 2. The van der Waals surface area contributed by atoms with Crippen molar-refractivity contribution in [3.63, 3.8) is 0 Å². The Balaban J connectivity index is 1.82. The van der Waals surface area contributed by atoms with Crippen molar-refractivity contribution in [3.05, 3.63) is 59.7 Å². The first kappa shape index (κ1) is 17.5. The minimum Gasteiger partial charge on any atom is -0.376 e. The van der Waals surface area contributed by atoms with Crippen LogP contribution in [0.25, 0.3) is 0 Å². The highest BCUT2D eigenvalue weighted by atomic mass is 16.2. The molecule has 0 spiro atoms. The minimum absolute atomic E-state index is 0.0829. The van der Waals surface area contributed by atoms with Gasteiger partial charge in [0, 0.05) is 23.5 Å². The van der Waals surface area contributed by atoms with Crippen LogP contribution in [-0.2, 0) is 4.79 Å². The average molecular weight is 325 g/mol. The van der Waals surface area contributed by atoms with Gasteiger partial charge in [-0.25, -0.2) is 0 Å². The lowest BCUT2D eigenvalue weighted by Crippen LogP contribution is -2.24. The topological polar surface area (TPSA) is 70.2 Å². The number of amides is 2. The zero-order chi connectivity index (χ0) is 17.4. The zero-order valence-corrected chi connectivity index (χ0v) is 14.1. The Bertz CT molecular complexity index is 679. The van der Waals surface area contributed by atoms with Crippen molar-refractivity contribution in [2.45, 2.75) is 20.3 Å². The Hall–Kier alpha value is -2.82. The van der Waals surface area contributed by atoms with Gasteiger partial charge >= 0.3 is 0 Å². The average Bonchev–Trinajstić information content (AvgIpc) is 2.60. The van der Waals surface area contributed by atoms with E-state index >= 15 is 0 Å². The number of benzene rings is 2. The molecule has 2 amide bonds. The number of rotatable bonds is 7. The van der Waals surface area contributed by atoms with Gasteiger partial charge in [-0.3, -0.25) is 9.59 Å². The van der Waals surface area contributed by atoms with Gasteiger partial charge in [0.15, 0.2) is 0 Å². The number of nitrogens with one attached hydrogen (secondary N) is 3. The van der Waals surface area contributed by atoms with E-state index in [-0.39, 0.29) is 18.4 Å². The van der Waals surface area contributed by atoms with Crippen molar-refractivity contribution in [2.24, 2.45) is 0 Å².